The predicted octanol–water partition coefficient (Wildman–Crippen LogP) is 3.39. The van der Waals surface area contributed by atoms with Crippen LogP contribution in [0.3, 0.4) is 0 Å². The van der Waals surface area contributed by atoms with Gasteiger partial charge in [0.1, 0.15) is 5.82 Å². The zero-order chi connectivity index (χ0) is 17.0. The van der Waals surface area contributed by atoms with Crippen LogP contribution in [0.25, 0.3) is 0 Å². The minimum Gasteiger partial charge on any atom is -0.338 e. The summed E-state index contributed by atoms with van der Waals surface area (Å²) in [6.07, 6.45) is 1.70. The fourth-order valence-corrected chi connectivity index (χ4v) is 2.91. The fourth-order valence-electron chi connectivity index (χ4n) is 1.79. The van der Waals surface area contributed by atoms with Gasteiger partial charge in [0.2, 0.25) is 10.0 Å². The number of benzene rings is 1. The maximum atomic E-state index is 13.5. The van der Waals surface area contributed by atoms with Crippen molar-refractivity contribution in [3.8, 4) is 0 Å². The maximum Gasteiger partial charge on any atom is 0.232 e. The van der Waals surface area contributed by atoms with Crippen LogP contribution in [0.1, 0.15) is 13.3 Å². The highest BCUT2D eigenvalue weighted by Gasteiger charge is 2.14. The lowest BCUT2D eigenvalue weighted by Gasteiger charge is -2.09. The van der Waals surface area contributed by atoms with Crippen LogP contribution in [-0.2, 0) is 10.0 Å². The number of hydrogen-bond acceptors (Lipinski definition) is 4. The Morgan fingerprint density at radius 2 is 1.83 bits per heavy atom. The molecule has 0 aliphatic rings. The molecule has 1 heterocycles. The summed E-state index contributed by atoms with van der Waals surface area (Å²) in [5, 5.41) is 2.49. The van der Waals surface area contributed by atoms with E-state index in [2.05, 4.69) is 15.0 Å². The average Bonchev–Trinajstić information content (AvgIpc) is 2.49. The summed E-state index contributed by atoms with van der Waals surface area (Å²) < 4.78 is 65.1. The first-order chi connectivity index (χ1) is 10.8. The summed E-state index contributed by atoms with van der Waals surface area (Å²) >= 11 is 0. The average molecular weight is 345 g/mol. The van der Waals surface area contributed by atoms with E-state index in [4.69, 9.17) is 0 Å². The number of anilines is 3. The molecule has 0 unspecified atom stereocenters. The molecule has 0 radical (unpaired) electrons. The SMILES string of the molecule is CCCS(=O)(=O)Nc1ccc(Nc2ccc(F)c(F)c2F)nc1. The maximum absolute atomic E-state index is 13.5. The van der Waals surface area contributed by atoms with Crippen LogP contribution in [0.4, 0.5) is 30.4 Å². The van der Waals surface area contributed by atoms with Gasteiger partial charge in [0.25, 0.3) is 0 Å². The van der Waals surface area contributed by atoms with Crippen LogP contribution in [0.5, 0.6) is 0 Å². The van der Waals surface area contributed by atoms with Crippen molar-refractivity contribution in [1.29, 1.82) is 0 Å². The van der Waals surface area contributed by atoms with Gasteiger partial charge in [0, 0.05) is 0 Å². The molecule has 0 amide bonds. The van der Waals surface area contributed by atoms with Crippen molar-refractivity contribution in [3.63, 3.8) is 0 Å². The van der Waals surface area contributed by atoms with Crippen molar-refractivity contribution in [2.24, 2.45) is 0 Å². The molecule has 0 aliphatic heterocycles. The molecule has 0 bridgehead atoms. The number of sulfonamides is 1. The first-order valence-electron chi connectivity index (χ1n) is 6.69. The molecule has 2 N–H and O–H groups in total. The monoisotopic (exact) mass is 345 g/mol. The molecule has 0 saturated carbocycles. The van der Waals surface area contributed by atoms with Gasteiger partial charge < -0.3 is 5.32 Å². The molecular formula is C14H14F3N3O2S. The molecule has 23 heavy (non-hydrogen) atoms. The van der Waals surface area contributed by atoms with Crippen molar-refractivity contribution in [1.82, 2.24) is 4.98 Å². The van der Waals surface area contributed by atoms with Gasteiger partial charge in [-0.15, -0.1) is 0 Å². The van der Waals surface area contributed by atoms with E-state index in [0.29, 0.717) is 6.42 Å². The highest BCUT2D eigenvalue weighted by molar-refractivity contribution is 7.92. The minimum atomic E-state index is -3.44. The van der Waals surface area contributed by atoms with Crippen LogP contribution < -0.4 is 10.0 Å². The summed E-state index contributed by atoms with van der Waals surface area (Å²) in [7, 11) is -3.44. The quantitative estimate of drug-likeness (QED) is 0.787. The largest absolute Gasteiger partial charge is 0.338 e. The van der Waals surface area contributed by atoms with E-state index in [1.54, 1.807) is 6.92 Å². The van der Waals surface area contributed by atoms with Crippen molar-refractivity contribution in [2.75, 3.05) is 15.8 Å². The number of nitrogens with one attached hydrogen (secondary N) is 2. The molecule has 124 valence electrons. The first kappa shape index (κ1) is 17.1. The third-order valence-electron chi connectivity index (χ3n) is 2.81. The van der Waals surface area contributed by atoms with Gasteiger partial charge >= 0.3 is 0 Å². The minimum absolute atomic E-state index is 0.0208. The van der Waals surface area contributed by atoms with Crippen LogP contribution in [0.2, 0.25) is 0 Å². The number of aromatic nitrogens is 1. The summed E-state index contributed by atoms with van der Waals surface area (Å²) in [4.78, 5) is 3.89. The number of nitrogens with zero attached hydrogens (tertiary/aromatic N) is 1. The summed E-state index contributed by atoms with van der Waals surface area (Å²) in [5.74, 6) is -4.11. The highest BCUT2D eigenvalue weighted by atomic mass is 32.2. The van der Waals surface area contributed by atoms with E-state index in [1.807, 2.05) is 0 Å². The third kappa shape index (κ3) is 4.35. The lowest BCUT2D eigenvalue weighted by atomic mass is 10.2. The highest BCUT2D eigenvalue weighted by Crippen LogP contribution is 2.23. The Hall–Kier alpha value is -2.29. The van der Waals surface area contributed by atoms with Gasteiger partial charge in [-0.25, -0.2) is 26.6 Å². The van der Waals surface area contributed by atoms with Gasteiger partial charge in [0.05, 0.1) is 23.3 Å². The van der Waals surface area contributed by atoms with E-state index in [9.17, 15) is 21.6 Å². The molecule has 9 heteroatoms. The summed E-state index contributed by atoms with van der Waals surface area (Å²) in [5.41, 5.74) is -0.0366. The zero-order valence-corrected chi connectivity index (χ0v) is 12.9. The molecule has 5 nitrogen and oxygen atoms in total. The number of halogens is 3. The van der Waals surface area contributed by atoms with Crippen LogP contribution in [-0.4, -0.2) is 19.2 Å². The molecule has 2 aromatic rings. The second-order valence-corrected chi connectivity index (χ2v) is 6.54. The number of rotatable bonds is 6. The Morgan fingerprint density at radius 1 is 1.09 bits per heavy atom. The van der Waals surface area contributed by atoms with E-state index in [-0.39, 0.29) is 22.9 Å². The van der Waals surface area contributed by atoms with E-state index >= 15 is 0 Å². The summed E-state index contributed by atoms with van der Waals surface area (Å²) in [6.45, 7) is 1.74. The molecule has 0 saturated heterocycles. The molecule has 0 aliphatic carbocycles. The lowest BCUT2D eigenvalue weighted by Crippen LogP contribution is -2.16. The van der Waals surface area contributed by atoms with Crippen LogP contribution in [0, 0.1) is 17.5 Å². The van der Waals surface area contributed by atoms with Crippen molar-refractivity contribution < 1.29 is 21.6 Å². The van der Waals surface area contributed by atoms with Crippen molar-refractivity contribution >= 4 is 27.2 Å². The Morgan fingerprint density at radius 3 is 2.43 bits per heavy atom. The Kier molecular flexibility index (Phi) is 5.09. The second-order valence-electron chi connectivity index (χ2n) is 4.70. The lowest BCUT2D eigenvalue weighted by molar-refractivity contribution is 0.449. The summed E-state index contributed by atoms with van der Waals surface area (Å²) in [6, 6.07) is 4.62. The Bertz CT molecular complexity index is 796. The molecule has 1 aromatic heterocycles. The van der Waals surface area contributed by atoms with Crippen molar-refractivity contribution in [3.05, 3.63) is 47.9 Å². The Balaban J connectivity index is 2.13. The topological polar surface area (TPSA) is 71.1 Å². The zero-order valence-electron chi connectivity index (χ0n) is 12.1. The van der Waals surface area contributed by atoms with Gasteiger partial charge in [-0.05, 0) is 30.7 Å². The van der Waals surface area contributed by atoms with Crippen LogP contribution >= 0.6 is 0 Å². The predicted molar refractivity (Wildman–Crippen MR) is 81.5 cm³/mol. The van der Waals surface area contributed by atoms with E-state index < -0.39 is 27.5 Å². The number of pyridine rings is 1. The standard InChI is InChI=1S/C14H14F3N3O2S/c1-2-7-23(21,22)20-9-3-6-12(18-8-9)19-11-5-4-10(15)13(16)14(11)17/h3-6,8,20H,2,7H2,1H3,(H,18,19). The van der Waals surface area contributed by atoms with Gasteiger partial charge in [-0.1, -0.05) is 6.92 Å². The van der Waals surface area contributed by atoms with Crippen molar-refractivity contribution in [2.45, 2.75) is 13.3 Å². The molecule has 1 aromatic carbocycles. The second kappa shape index (κ2) is 6.86. The van der Waals surface area contributed by atoms with E-state index in [0.717, 1.165) is 12.1 Å². The van der Waals surface area contributed by atoms with E-state index in [1.165, 1.54) is 18.3 Å². The normalized spacial score (nSPS) is 11.3. The molecular weight excluding hydrogens is 331 g/mol. The number of hydrogen-bond donors (Lipinski definition) is 2. The molecule has 2 rings (SSSR count). The van der Waals surface area contributed by atoms with Crippen LogP contribution in [0.15, 0.2) is 30.5 Å². The molecule has 0 atom stereocenters. The molecule has 0 spiro atoms. The first-order valence-corrected chi connectivity index (χ1v) is 8.34. The van der Waals surface area contributed by atoms with Gasteiger partial charge in [-0.3, -0.25) is 4.72 Å². The van der Waals surface area contributed by atoms with Gasteiger partial charge in [0.15, 0.2) is 17.5 Å². The smallest absolute Gasteiger partial charge is 0.232 e. The Labute approximate surface area is 131 Å². The third-order valence-corrected chi connectivity index (χ3v) is 4.30. The van der Waals surface area contributed by atoms with Gasteiger partial charge in [-0.2, -0.15) is 0 Å². The molecule has 0 fully saturated rings. The fraction of sp³-hybridized carbons (Fsp3) is 0.214.